The highest BCUT2D eigenvalue weighted by atomic mass is 15.1. The topological polar surface area (TPSA) is 19.7 Å². The predicted octanol–water partition coefficient (Wildman–Crippen LogP) is 10.6. The van der Waals surface area contributed by atoms with Crippen LogP contribution in [0.5, 0.6) is 0 Å². The highest BCUT2D eigenvalue weighted by Gasteiger charge is 2.25. The van der Waals surface area contributed by atoms with Gasteiger partial charge in [-0.25, -0.2) is 9.55 Å². The van der Waals surface area contributed by atoms with E-state index in [-0.39, 0.29) is 0 Å². The minimum atomic E-state index is 0.624. The zero-order valence-electron chi connectivity index (χ0n) is 23.3. The molecule has 1 aromatic heterocycles. The molecular weight excluding hydrogens is 400 g/mol. The molecule has 2 heteroatoms. The molecule has 0 saturated heterocycles. The molecule has 0 aromatic carbocycles. The Morgan fingerprint density at radius 1 is 0.576 bits per heavy atom. The van der Waals surface area contributed by atoms with E-state index in [4.69, 9.17) is 0 Å². The average Bonchev–Trinajstić information content (AvgIpc) is 3.31. The van der Waals surface area contributed by atoms with Crippen molar-refractivity contribution >= 4 is 0 Å². The SMILES string of the molecule is CCCCCCCCCCCCC(CCCCCCC)c1[nH]cc[n+]1C(C)CCCCCC. The Balaban J connectivity index is 2.46. The van der Waals surface area contributed by atoms with Crippen LogP contribution in [0.1, 0.15) is 187 Å². The number of aromatic nitrogens is 2. The Labute approximate surface area is 208 Å². The molecule has 0 radical (unpaired) electrons. The number of imidazole rings is 1. The highest BCUT2D eigenvalue weighted by molar-refractivity contribution is 4.90. The number of nitrogens with one attached hydrogen (secondary N) is 1. The summed E-state index contributed by atoms with van der Waals surface area (Å²) < 4.78 is 2.60. The molecule has 1 heterocycles. The summed E-state index contributed by atoms with van der Waals surface area (Å²) in [6, 6.07) is 0.624. The van der Waals surface area contributed by atoms with Gasteiger partial charge in [-0.2, -0.15) is 0 Å². The molecule has 0 bridgehead atoms. The second kappa shape index (κ2) is 21.7. The minimum absolute atomic E-state index is 0.624. The second-order valence-electron chi connectivity index (χ2n) is 10.8. The van der Waals surface area contributed by atoms with Gasteiger partial charge in [-0.1, -0.05) is 136 Å². The molecule has 0 aliphatic rings. The van der Waals surface area contributed by atoms with Gasteiger partial charge >= 0.3 is 0 Å². The first-order valence-corrected chi connectivity index (χ1v) is 15.3. The maximum atomic E-state index is 3.69. The average molecular weight is 462 g/mol. The number of aromatic amines is 1. The molecule has 2 atom stereocenters. The molecule has 1 rings (SSSR count). The normalized spacial score (nSPS) is 13.5. The van der Waals surface area contributed by atoms with E-state index in [0.29, 0.717) is 12.0 Å². The van der Waals surface area contributed by atoms with Gasteiger partial charge in [-0.15, -0.1) is 0 Å². The van der Waals surface area contributed by atoms with E-state index < -0.39 is 0 Å². The smallest absolute Gasteiger partial charge is 0.247 e. The zero-order chi connectivity index (χ0) is 24.0. The molecule has 1 N–H and O–H groups in total. The van der Waals surface area contributed by atoms with Gasteiger partial charge in [0.15, 0.2) is 0 Å². The van der Waals surface area contributed by atoms with Gasteiger partial charge in [0.25, 0.3) is 5.82 Å². The lowest BCUT2D eigenvalue weighted by Crippen LogP contribution is -2.41. The molecule has 2 nitrogen and oxygen atoms in total. The number of unbranched alkanes of at least 4 members (excludes halogenated alkanes) is 16. The number of hydrogen-bond acceptors (Lipinski definition) is 0. The molecule has 0 spiro atoms. The standard InChI is InChI=1S/C31H60N2/c1-5-8-11-14-15-16-17-18-20-23-26-30(25-22-19-12-9-6-2)31-32-27-28-33(31)29(4)24-21-13-10-7-3/h27-30H,5-26H2,1-4H3/p+1. The van der Waals surface area contributed by atoms with E-state index >= 15 is 0 Å². The van der Waals surface area contributed by atoms with Gasteiger partial charge < -0.3 is 0 Å². The van der Waals surface area contributed by atoms with Crippen molar-refractivity contribution in [1.82, 2.24) is 4.98 Å². The van der Waals surface area contributed by atoms with Crippen molar-refractivity contribution in [2.45, 2.75) is 181 Å². The van der Waals surface area contributed by atoms with Crippen LogP contribution in [0.3, 0.4) is 0 Å². The lowest BCUT2D eigenvalue weighted by molar-refractivity contribution is -0.727. The van der Waals surface area contributed by atoms with Gasteiger partial charge in [0.2, 0.25) is 0 Å². The van der Waals surface area contributed by atoms with Crippen molar-refractivity contribution in [2.24, 2.45) is 0 Å². The summed E-state index contributed by atoms with van der Waals surface area (Å²) in [7, 11) is 0. The van der Waals surface area contributed by atoms with E-state index in [2.05, 4.69) is 49.6 Å². The summed E-state index contributed by atoms with van der Waals surface area (Å²) >= 11 is 0. The molecule has 33 heavy (non-hydrogen) atoms. The van der Waals surface area contributed by atoms with Gasteiger partial charge in [0.05, 0.1) is 12.0 Å². The number of rotatable bonds is 24. The summed E-state index contributed by atoms with van der Waals surface area (Å²) in [5.41, 5.74) is 0. The fourth-order valence-electron chi connectivity index (χ4n) is 5.37. The van der Waals surface area contributed by atoms with E-state index in [0.717, 1.165) is 0 Å². The summed E-state index contributed by atoms with van der Waals surface area (Å²) in [5, 5.41) is 0. The summed E-state index contributed by atoms with van der Waals surface area (Å²) in [5.74, 6) is 2.23. The summed E-state index contributed by atoms with van der Waals surface area (Å²) in [4.78, 5) is 3.69. The molecule has 0 aliphatic heterocycles. The Hall–Kier alpha value is -0.790. The number of hydrogen-bond donors (Lipinski definition) is 1. The highest BCUT2D eigenvalue weighted by Crippen LogP contribution is 2.27. The van der Waals surface area contributed by atoms with Gasteiger partial charge in [0, 0.05) is 0 Å². The first-order chi connectivity index (χ1) is 16.2. The largest absolute Gasteiger partial charge is 0.257 e. The van der Waals surface area contributed by atoms with Crippen LogP contribution in [0.25, 0.3) is 0 Å². The number of nitrogens with zero attached hydrogens (tertiary/aromatic N) is 1. The van der Waals surface area contributed by atoms with Crippen molar-refractivity contribution in [2.75, 3.05) is 0 Å². The summed E-state index contributed by atoms with van der Waals surface area (Å²) in [6.07, 6.45) is 35.3. The lowest BCUT2D eigenvalue weighted by Gasteiger charge is -2.17. The fourth-order valence-corrected chi connectivity index (χ4v) is 5.37. The third-order valence-electron chi connectivity index (χ3n) is 7.64. The molecule has 0 amide bonds. The van der Waals surface area contributed by atoms with Crippen molar-refractivity contribution in [3.63, 3.8) is 0 Å². The Morgan fingerprint density at radius 2 is 0.970 bits per heavy atom. The van der Waals surface area contributed by atoms with Crippen molar-refractivity contribution in [3.8, 4) is 0 Å². The Kier molecular flexibility index (Phi) is 19.9. The Bertz CT molecular complexity index is 521. The molecule has 0 fully saturated rings. The van der Waals surface area contributed by atoms with Crippen LogP contribution in [0.4, 0.5) is 0 Å². The van der Waals surface area contributed by atoms with Crippen LogP contribution in [-0.4, -0.2) is 4.98 Å². The van der Waals surface area contributed by atoms with E-state index in [9.17, 15) is 0 Å². The fraction of sp³-hybridized carbons (Fsp3) is 0.903. The molecule has 194 valence electrons. The third-order valence-corrected chi connectivity index (χ3v) is 7.64. The van der Waals surface area contributed by atoms with Crippen molar-refractivity contribution < 1.29 is 4.57 Å². The molecule has 1 aromatic rings. The molecule has 2 unspecified atom stereocenters. The second-order valence-corrected chi connectivity index (χ2v) is 10.8. The van der Waals surface area contributed by atoms with Gasteiger partial charge in [-0.05, 0) is 32.6 Å². The van der Waals surface area contributed by atoms with Crippen LogP contribution >= 0.6 is 0 Å². The quantitative estimate of drug-likeness (QED) is 0.117. The Morgan fingerprint density at radius 3 is 1.45 bits per heavy atom. The van der Waals surface area contributed by atoms with E-state index in [1.54, 1.807) is 0 Å². The van der Waals surface area contributed by atoms with Crippen molar-refractivity contribution in [1.29, 1.82) is 0 Å². The predicted molar refractivity (Wildman–Crippen MR) is 147 cm³/mol. The maximum Gasteiger partial charge on any atom is 0.257 e. The molecule has 0 aliphatic carbocycles. The van der Waals surface area contributed by atoms with Crippen LogP contribution < -0.4 is 4.57 Å². The first kappa shape index (κ1) is 30.2. The van der Waals surface area contributed by atoms with Gasteiger partial charge in [0.1, 0.15) is 12.4 Å². The summed E-state index contributed by atoms with van der Waals surface area (Å²) in [6.45, 7) is 9.36. The van der Waals surface area contributed by atoms with Crippen LogP contribution in [0, 0.1) is 0 Å². The van der Waals surface area contributed by atoms with Crippen LogP contribution in [0.15, 0.2) is 12.4 Å². The van der Waals surface area contributed by atoms with E-state index in [1.807, 2.05) is 0 Å². The van der Waals surface area contributed by atoms with Crippen LogP contribution in [-0.2, 0) is 0 Å². The number of H-pyrrole nitrogens is 1. The third kappa shape index (κ3) is 14.9. The lowest BCUT2D eigenvalue weighted by atomic mass is 9.93. The monoisotopic (exact) mass is 461 g/mol. The van der Waals surface area contributed by atoms with Gasteiger partial charge in [-0.3, -0.25) is 0 Å². The zero-order valence-corrected chi connectivity index (χ0v) is 23.3. The molecule has 0 saturated carbocycles. The van der Waals surface area contributed by atoms with Crippen LogP contribution in [0.2, 0.25) is 0 Å². The first-order valence-electron chi connectivity index (χ1n) is 15.3. The van der Waals surface area contributed by atoms with E-state index in [1.165, 1.54) is 147 Å². The molecular formula is C31H61N2+. The maximum absolute atomic E-state index is 3.69. The minimum Gasteiger partial charge on any atom is -0.247 e. The van der Waals surface area contributed by atoms with Crippen molar-refractivity contribution in [3.05, 3.63) is 18.2 Å².